The predicted octanol–water partition coefficient (Wildman–Crippen LogP) is 2.71. The monoisotopic (exact) mass is 440 g/mol. The lowest BCUT2D eigenvalue weighted by Crippen LogP contribution is -2.41. The van der Waals surface area contributed by atoms with Gasteiger partial charge in [-0.2, -0.15) is 0 Å². The van der Waals surface area contributed by atoms with Gasteiger partial charge in [-0.15, -0.1) is 0 Å². The molecule has 4 rings (SSSR count). The first-order chi connectivity index (χ1) is 15.0. The maximum atomic E-state index is 13.3. The van der Waals surface area contributed by atoms with Crippen LogP contribution < -0.4 is 16.0 Å². The van der Waals surface area contributed by atoms with Gasteiger partial charge in [0.2, 0.25) is 0 Å². The van der Waals surface area contributed by atoms with Crippen molar-refractivity contribution in [2.24, 2.45) is 0 Å². The Morgan fingerprint density at radius 2 is 1.71 bits per heavy atom. The Bertz CT molecular complexity index is 1320. The number of nitrogens with zero attached hydrogens (tertiary/aromatic N) is 4. The summed E-state index contributed by atoms with van der Waals surface area (Å²) in [6, 6.07) is 14.4. The van der Waals surface area contributed by atoms with Gasteiger partial charge < -0.3 is 14.0 Å². The van der Waals surface area contributed by atoms with Crippen LogP contribution in [0.4, 0.5) is 0 Å². The molecule has 0 spiro atoms. The number of benzene rings is 2. The normalized spacial score (nSPS) is 11.2. The number of fused-ring (bicyclic) bond motifs is 1. The Balaban J connectivity index is 1.91. The highest BCUT2D eigenvalue weighted by atomic mass is 35.5. The van der Waals surface area contributed by atoms with Gasteiger partial charge in [-0.1, -0.05) is 23.7 Å². The number of hydrogen-bond donors (Lipinski definition) is 0. The molecule has 4 aromatic rings. The van der Waals surface area contributed by atoms with E-state index >= 15 is 0 Å². The van der Waals surface area contributed by atoms with E-state index in [-0.39, 0.29) is 13.2 Å². The molecule has 0 radical (unpaired) electrons. The molecule has 0 aliphatic heterocycles. The quantitative estimate of drug-likeness (QED) is 0.441. The molecular weight excluding hydrogens is 420 g/mol. The average molecular weight is 441 g/mol. The fourth-order valence-corrected chi connectivity index (χ4v) is 3.56. The lowest BCUT2D eigenvalue weighted by Gasteiger charge is -2.13. The Labute approximate surface area is 182 Å². The van der Waals surface area contributed by atoms with Gasteiger partial charge in [0.15, 0.2) is 11.2 Å². The Morgan fingerprint density at radius 1 is 1.00 bits per heavy atom. The van der Waals surface area contributed by atoms with Gasteiger partial charge in [0, 0.05) is 18.7 Å². The van der Waals surface area contributed by atoms with Gasteiger partial charge in [0.1, 0.15) is 5.75 Å². The van der Waals surface area contributed by atoms with Crippen LogP contribution in [0.2, 0.25) is 5.02 Å². The largest absolute Gasteiger partial charge is 0.497 e. The fourth-order valence-electron chi connectivity index (χ4n) is 3.43. The van der Waals surface area contributed by atoms with E-state index in [0.29, 0.717) is 28.4 Å². The van der Waals surface area contributed by atoms with Crippen molar-refractivity contribution < 1.29 is 9.47 Å². The maximum absolute atomic E-state index is 13.3. The van der Waals surface area contributed by atoms with E-state index in [1.54, 1.807) is 42.3 Å². The van der Waals surface area contributed by atoms with Crippen molar-refractivity contribution >= 4 is 22.8 Å². The zero-order valence-corrected chi connectivity index (χ0v) is 17.9. The first-order valence-corrected chi connectivity index (χ1v) is 9.99. The van der Waals surface area contributed by atoms with Crippen LogP contribution in [-0.2, 0) is 17.8 Å². The van der Waals surface area contributed by atoms with E-state index in [1.165, 1.54) is 16.2 Å². The van der Waals surface area contributed by atoms with Crippen molar-refractivity contribution in [3.63, 3.8) is 0 Å². The molecule has 2 heterocycles. The van der Waals surface area contributed by atoms with Gasteiger partial charge in [0.25, 0.3) is 5.56 Å². The molecule has 0 saturated carbocycles. The van der Waals surface area contributed by atoms with Crippen LogP contribution in [0.1, 0.15) is 5.56 Å². The molecule has 0 atom stereocenters. The molecular formula is C22H21ClN4O4. The van der Waals surface area contributed by atoms with Crippen molar-refractivity contribution in [3.05, 3.63) is 86.3 Å². The van der Waals surface area contributed by atoms with Crippen molar-refractivity contribution in [1.82, 2.24) is 18.7 Å². The van der Waals surface area contributed by atoms with Gasteiger partial charge in [0.05, 0.1) is 32.3 Å². The van der Waals surface area contributed by atoms with E-state index in [4.69, 9.17) is 21.1 Å². The minimum absolute atomic E-state index is 0.130. The summed E-state index contributed by atoms with van der Waals surface area (Å²) in [4.78, 5) is 30.9. The Kier molecular flexibility index (Phi) is 5.92. The highest BCUT2D eigenvalue weighted by molar-refractivity contribution is 6.30. The Hall–Kier alpha value is -3.36. The molecule has 0 saturated heterocycles. The number of methoxy groups -OCH3 is 2. The lowest BCUT2D eigenvalue weighted by atomic mass is 10.2. The molecule has 0 unspecified atom stereocenters. The van der Waals surface area contributed by atoms with E-state index in [9.17, 15) is 9.59 Å². The first kappa shape index (κ1) is 20.9. The van der Waals surface area contributed by atoms with Crippen LogP contribution in [-0.4, -0.2) is 39.5 Å². The Morgan fingerprint density at radius 3 is 2.35 bits per heavy atom. The van der Waals surface area contributed by atoms with Gasteiger partial charge in [-0.3, -0.25) is 9.36 Å². The van der Waals surface area contributed by atoms with Crippen molar-refractivity contribution in [3.8, 4) is 11.4 Å². The third kappa shape index (κ3) is 3.99. The maximum Gasteiger partial charge on any atom is 0.337 e. The average Bonchev–Trinajstić information content (AvgIpc) is 3.19. The van der Waals surface area contributed by atoms with Crippen LogP contribution >= 0.6 is 11.6 Å². The number of halogens is 1. The summed E-state index contributed by atoms with van der Waals surface area (Å²) in [5.41, 5.74) is 1.27. The van der Waals surface area contributed by atoms with Crippen LogP contribution in [0.5, 0.6) is 5.75 Å². The molecule has 0 bridgehead atoms. The zero-order chi connectivity index (χ0) is 22.0. The second kappa shape index (κ2) is 8.79. The molecule has 9 heteroatoms. The third-order valence-electron chi connectivity index (χ3n) is 5.02. The molecule has 31 heavy (non-hydrogen) atoms. The smallest absolute Gasteiger partial charge is 0.337 e. The molecule has 0 fully saturated rings. The molecule has 0 N–H and O–H groups in total. The molecule has 2 aromatic carbocycles. The second-order valence-electron chi connectivity index (χ2n) is 6.94. The van der Waals surface area contributed by atoms with E-state index in [1.807, 2.05) is 24.3 Å². The highest BCUT2D eigenvalue weighted by Gasteiger charge is 2.19. The van der Waals surface area contributed by atoms with Crippen LogP contribution in [0, 0.1) is 0 Å². The number of hydrogen-bond acceptors (Lipinski definition) is 5. The number of ether oxygens (including phenoxy) is 2. The minimum Gasteiger partial charge on any atom is -0.497 e. The summed E-state index contributed by atoms with van der Waals surface area (Å²) in [7, 11) is 3.13. The fraction of sp³-hybridized carbons (Fsp3) is 0.227. The van der Waals surface area contributed by atoms with Gasteiger partial charge >= 0.3 is 5.69 Å². The first-order valence-electron chi connectivity index (χ1n) is 9.62. The van der Waals surface area contributed by atoms with Gasteiger partial charge in [-0.25, -0.2) is 14.3 Å². The van der Waals surface area contributed by atoms with Crippen LogP contribution in [0.15, 0.2) is 64.4 Å². The SMILES string of the molecule is COCCn1c(=O)c2c(ncn2Cc2ccc(OC)cc2)n(-c2ccc(Cl)cc2)c1=O. The van der Waals surface area contributed by atoms with Crippen LogP contribution in [0.3, 0.4) is 0 Å². The van der Waals surface area contributed by atoms with E-state index < -0.39 is 11.2 Å². The van der Waals surface area contributed by atoms with E-state index in [0.717, 1.165) is 11.3 Å². The van der Waals surface area contributed by atoms with Gasteiger partial charge in [-0.05, 0) is 42.0 Å². The molecule has 0 aliphatic rings. The topological polar surface area (TPSA) is 80.3 Å². The summed E-state index contributed by atoms with van der Waals surface area (Å²) in [6.45, 7) is 0.776. The molecule has 0 aliphatic carbocycles. The summed E-state index contributed by atoms with van der Waals surface area (Å²) in [5, 5.41) is 0.547. The summed E-state index contributed by atoms with van der Waals surface area (Å²) in [5.74, 6) is 0.748. The summed E-state index contributed by atoms with van der Waals surface area (Å²) in [6.07, 6.45) is 1.57. The summed E-state index contributed by atoms with van der Waals surface area (Å²) < 4.78 is 14.6. The molecule has 0 amide bonds. The number of aromatic nitrogens is 4. The standard InChI is InChI=1S/C22H21ClN4O4/c1-30-12-11-26-21(28)19-20(27(22(26)29)17-7-5-16(23)6-8-17)24-14-25(19)13-15-3-9-18(31-2)10-4-15/h3-10,14H,11-13H2,1-2H3. The van der Waals surface area contributed by atoms with E-state index in [2.05, 4.69) is 4.98 Å². The number of imidazole rings is 1. The zero-order valence-electron chi connectivity index (χ0n) is 17.1. The predicted molar refractivity (Wildman–Crippen MR) is 119 cm³/mol. The molecule has 2 aromatic heterocycles. The van der Waals surface area contributed by atoms with Crippen molar-refractivity contribution in [2.45, 2.75) is 13.1 Å². The van der Waals surface area contributed by atoms with Crippen LogP contribution in [0.25, 0.3) is 16.9 Å². The van der Waals surface area contributed by atoms with Crippen molar-refractivity contribution in [2.75, 3.05) is 20.8 Å². The second-order valence-corrected chi connectivity index (χ2v) is 7.37. The minimum atomic E-state index is -0.480. The van der Waals surface area contributed by atoms with Crippen molar-refractivity contribution in [1.29, 1.82) is 0 Å². The number of rotatable bonds is 7. The molecule has 8 nitrogen and oxygen atoms in total. The summed E-state index contributed by atoms with van der Waals surface area (Å²) >= 11 is 6.01. The highest BCUT2D eigenvalue weighted by Crippen LogP contribution is 2.18. The lowest BCUT2D eigenvalue weighted by molar-refractivity contribution is 0.184. The molecule has 160 valence electrons. The third-order valence-corrected chi connectivity index (χ3v) is 5.27.